The number of rotatable bonds is 3. The Kier molecular flexibility index (Phi) is 3.74. The van der Waals surface area contributed by atoms with Crippen LogP contribution in [-0.4, -0.2) is 23.9 Å². The molecule has 0 bridgehead atoms. The van der Waals surface area contributed by atoms with E-state index in [-0.39, 0.29) is 5.37 Å². The van der Waals surface area contributed by atoms with Gasteiger partial charge >= 0.3 is 6.03 Å². The molecule has 6 heteroatoms. The molecular weight excluding hydrogens is 210 g/mol. The first-order valence-corrected chi connectivity index (χ1v) is 5.14. The summed E-state index contributed by atoms with van der Waals surface area (Å²) in [6, 6.07) is -0.548. The first-order chi connectivity index (χ1) is 6.47. The minimum atomic E-state index is -2.86. The van der Waals surface area contributed by atoms with Crippen LogP contribution in [0, 0.1) is 0 Å². The topological polar surface area (TPSA) is 41.1 Å². The lowest BCUT2D eigenvalue weighted by Crippen LogP contribution is -2.43. The quantitative estimate of drug-likeness (QED) is 0.766. The van der Waals surface area contributed by atoms with Gasteiger partial charge in [-0.05, 0) is 11.8 Å². The Bertz CT molecular complexity index is 232. The second kappa shape index (κ2) is 4.63. The molecule has 1 aliphatic heterocycles. The first-order valence-electron chi connectivity index (χ1n) is 4.20. The predicted molar refractivity (Wildman–Crippen MR) is 52.3 cm³/mol. The molecule has 0 fully saturated rings. The zero-order valence-corrected chi connectivity index (χ0v) is 8.54. The molecule has 1 rings (SSSR count). The van der Waals surface area contributed by atoms with Crippen LogP contribution in [0.4, 0.5) is 13.6 Å². The Morgan fingerprint density at radius 2 is 2.43 bits per heavy atom. The summed E-state index contributed by atoms with van der Waals surface area (Å²) in [6.45, 7) is 0.128. The standard InChI is InChI=1S/C8H12F2N2OS/c1-8(9,10)5-11-7(13)12-6-3-2-4-14-6/h2,4,6H,3,5H2,1H3,(H2,11,12,13). The van der Waals surface area contributed by atoms with Gasteiger partial charge in [0.15, 0.2) is 0 Å². The second-order valence-electron chi connectivity index (χ2n) is 3.13. The summed E-state index contributed by atoms with van der Waals surface area (Å²) in [7, 11) is 0. The van der Waals surface area contributed by atoms with Gasteiger partial charge in [0.25, 0.3) is 5.92 Å². The number of hydrogen-bond acceptors (Lipinski definition) is 2. The van der Waals surface area contributed by atoms with Crippen LogP contribution >= 0.6 is 11.8 Å². The highest BCUT2D eigenvalue weighted by atomic mass is 32.2. The van der Waals surface area contributed by atoms with Crippen molar-refractivity contribution in [1.82, 2.24) is 10.6 Å². The van der Waals surface area contributed by atoms with Gasteiger partial charge in [0.2, 0.25) is 0 Å². The average Bonchev–Trinajstić information content (AvgIpc) is 2.52. The van der Waals surface area contributed by atoms with Gasteiger partial charge in [0, 0.05) is 6.92 Å². The van der Waals surface area contributed by atoms with E-state index < -0.39 is 18.5 Å². The minimum Gasteiger partial charge on any atom is -0.332 e. The molecule has 0 saturated carbocycles. The van der Waals surface area contributed by atoms with E-state index in [9.17, 15) is 13.6 Å². The average molecular weight is 222 g/mol. The van der Waals surface area contributed by atoms with Gasteiger partial charge < -0.3 is 10.6 Å². The molecule has 1 aliphatic rings. The number of halogens is 2. The van der Waals surface area contributed by atoms with Crippen LogP contribution in [0.2, 0.25) is 0 Å². The van der Waals surface area contributed by atoms with E-state index in [1.807, 2.05) is 11.5 Å². The van der Waals surface area contributed by atoms with Gasteiger partial charge in [-0.15, -0.1) is 11.8 Å². The third-order valence-corrected chi connectivity index (χ3v) is 2.53. The van der Waals surface area contributed by atoms with Crippen molar-refractivity contribution in [3.63, 3.8) is 0 Å². The van der Waals surface area contributed by atoms with Gasteiger partial charge in [-0.3, -0.25) is 0 Å². The predicted octanol–water partition coefficient (Wildman–Crippen LogP) is 1.92. The van der Waals surface area contributed by atoms with E-state index in [0.717, 1.165) is 13.3 Å². The van der Waals surface area contributed by atoms with Gasteiger partial charge in [0.1, 0.15) is 0 Å². The summed E-state index contributed by atoms with van der Waals surface area (Å²) in [5.74, 6) is -2.86. The van der Waals surface area contributed by atoms with Crippen LogP contribution in [0.15, 0.2) is 11.5 Å². The van der Waals surface area contributed by atoms with Crippen molar-refractivity contribution >= 4 is 17.8 Å². The fourth-order valence-corrected chi connectivity index (χ4v) is 1.72. The summed E-state index contributed by atoms with van der Waals surface area (Å²) >= 11 is 1.46. The van der Waals surface area contributed by atoms with E-state index >= 15 is 0 Å². The Morgan fingerprint density at radius 3 is 2.93 bits per heavy atom. The monoisotopic (exact) mass is 222 g/mol. The van der Waals surface area contributed by atoms with Crippen LogP contribution in [-0.2, 0) is 0 Å². The zero-order chi connectivity index (χ0) is 10.6. The summed E-state index contributed by atoms with van der Waals surface area (Å²) in [6.07, 6.45) is 2.66. The summed E-state index contributed by atoms with van der Waals surface area (Å²) in [4.78, 5) is 11.0. The van der Waals surface area contributed by atoms with Crippen molar-refractivity contribution < 1.29 is 13.6 Å². The van der Waals surface area contributed by atoms with E-state index in [0.29, 0.717) is 0 Å². The van der Waals surface area contributed by atoms with Gasteiger partial charge in [-0.25, -0.2) is 13.6 Å². The van der Waals surface area contributed by atoms with Crippen LogP contribution in [0.3, 0.4) is 0 Å². The highest BCUT2D eigenvalue weighted by Gasteiger charge is 2.22. The fourth-order valence-electron chi connectivity index (χ4n) is 0.911. The lowest BCUT2D eigenvalue weighted by Gasteiger charge is -2.14. The van der Waals surface area contributed by atoms with Crippen LogP contribution in [0.5, 0.6) is 0 Å². The van der Waals surface area contributed by atoms with E-state index in [1.54, 1.807) is 0 Å². The lowest BCUT2D eigenvalue weighted by molar-refractivity contribution is 0.0252. The van der Waals surface area contributed by atoms with E-state index in [4.69, 9.17) is 0 Å². The number of thioether (sulfide) groups is 1. The van der Waals surface area contributed by atoms with E-state index in [2.05, 4.69) is 10.6 Å². The third-order valence-electron chi connectivity index (χ3n) is 1.54. The molecule has 0 aromatic carbocycles. The second-order valence-corrected chi connectivity index (χ2v) is 4.24. The normalized spacial score (nSPS) is 20.9. The van der Waals surface area contributed by atoms with Gasteiger partial charge in [0.05, 0.1) is 11.9 Å². The molecule has 0 spiro atoms. The maximum absolute atomic E-state index is 12.3. The molecule has 1 atom stereocenters. The Hall–Kier alpha value is -0.780. The number of amides is 2. The summed E-state index contributed by atoms with van der Waals surface area (Å²) in [5, 5.41) is 6.52. The summed E-state index contributed by atoms with van der Waals surface area (Å²) < 4.78 is 24.7. The Labute approximate surface area is 85.3 Å². The van der Waals surface area contributed by atoms with Crippen LogP contribution in [0.25, 0.3) is 0 Å². The number of nitrogens with one attached hydrogen (secondary N) is 2. The molecule has 2 N–H and O–H groups in total. The first kappa shape index (κ1) is 11.3. The van der Waals surface area contributed by atoms with Crippen molar-refractivity contribution in [2.24, 2.45) is 0 Å². The molecule has 1 heterocycles. The smallest absolute Gasteiger partial charge is 0.315 e. The third kappa shape index (κ3) is 4.45. The van der Waals surface area contributed by atoms with Crippen molar-refractivity contribution in [2.45, 2.75) is 24.6 Å². The number of carbonyl (C=O) groups excluding carboxylic acids is 1. The van der Waals surface area contributed by atoms with Gasteiger partial charge in [-0.1, -0.05) is 6.08 Å². The molecule has 2 amide bonds. The largest absolute Gasteiger partial charge is 0.332 e. The highest BCUT2D eigenvalue weighted by Crippen LogP contribution is 2.21. The number of urea groups is 1. The van der Waals surface area contributed by atoms with Crippen LogP contribution in [0.1, 0.15) is 13.3 Å². The lowest BCUT2D eigenvalue weighted by atomic mass is 10.4. The highest BCUT2D eigenvalue weighted by molar-refractivity contribution is 8.02. The number of alkyl halides is 2. The maximum Gasteiger partial charge on any atom is 0.315 e. The van der Waals surface area contributed by atoms with Crippen molar-refractivity contribution in [3.8, 4) is 0 Å². The van der Waals surface area contributed by atoms with Gasteiger partial charge in [-0.2, -0.15) is 0 Å². The Morgan fingerprint density at radius 1 is 1.71 bits per heavy atom. The molecule has 0 radical (unpaired) electrons. The molecule has 1 unspecified atom stereocenters. The summed E-state index contributed by atoms with van der Waals surface area (Å²) in [5.41, 5.74) is 0. The SMILES string of the molecule is CC(F)(F)CNC(=O)NC1CC=CS1. The molecular formula is C8H12F2N2OS. The minimum absolute atomic E-state index is 0.0273. The zero-order valence-electron chi connectivity index (χ0n) is 7.72. The van der Waals surface area contributed by atoms with E-state index in [1.165, 1.54) is 11.8 Å². The molecule has 14 heavy (non-hydrogen) atoms. The van der Waals surface area contributed by atoms with Crippen molar-refractivity contribution in [2.75, 3.05) is 6.54 Å². The van der Waals surface area contributed by atoms with Crippen LogP contribution < -0.4 is 10.6 Å². The maximum atomic E-state index is 12.3. The molecule has 3 nitrogen and oxygen atoms in total. The van der Waals surface area contributed by atoms with Crippen molar-refractivity contribution in [1.29, 1.82) is 0 Å². The molecule has 0 aliphatic carbocycles. The number of carbonyl (C=O) groups is 1. The molecule has 0 aromatic rings. The molecule has 80 valence electrons. The molecule has 0 aromatic heterocycles. The molecule has 0 saturated heterocycles. The Balaban J connectivity index is 2.16. The fraction of sp³-hybridized carbons (Fsp3) is 0.625. The number of hydrogen-bond donors (Lipinski definition) is 2. The van der Waals surface area contributed by atoms with Crippen molar-refractivity contribution in [3.05, 3.63) is 11.5 Å².